The van der Waals surface area contributed by atoms with E-state index in [1.165, 1.54) is 15.0 Å². The molecule has 0 saturated carbocycles. The second-order valence-corrected chi connectivity index (χ2v) is 10.2. The van der Waals surface area contributed by atoms with E-state index in [0.29, 0.717) is 4.22 Å². The van der Waals surface area contributed by atoms with Gasteiger partial charge in [-0.25, -0.2) is 0 Å². The maximum Gasteiger partial charge on any atom is -1.00 e. The Morgan fingerprint density at radius 3 is 2.13 bits per heavy atom. The molecule has 0 amide bonds. The number of allylic oxidation sites excluding steroid dienone is 1. The predicted molar refractivity (Wildman–Crippen MR) is 87.2 cm³/mol. The predicted octanol–water partition coefficient (Wildman–Crippen LogP) is -1.99. The van der Waals surface area contributed by atoms with E-state index in [0.717, 1.165) is 0 Å². The summed E-state index contributed by atoms with van der Waals surface area (Å²) in [6.45, 7) is 6.81. The number of fused-ring (bicyclic) bond motifs is 1. The summed E-state index contributed by atoms with van der Waals surface area (Å²) in [6, 6.07) is 19.8. The standard InChI is InChI=1S/C9H7.C6H5.C4H10N.2ClH.Ti/c1-2-5-9-7-3-6-8(9)4-1;1-2-4-6-5-3-1;1-4(2,3)5;;;/h1-7H;1-5H;5H,1-3H3;2*1H;/q;;-1;;;+3/p-2. The van der Waals surface area contributed by atoms with Crippen LogP contribution in [0.25, 0.3) is 6.08 Å². The molecule has 1 aliphatic rings. The van der Waals surface area contributed by atoms with Crippen LogP contribution in [0.1, 0.15) is 36.1 Å². The van der Waals surface area contributed by atoms with Gasteiger partial charge < -0.3 is 24.8 Å². The number of rotatable bonds is 3. The summed E-state index contributed by atoms with van der Waals surface area (Å²) < 4.78 is 6.04. The van der Waals surface area contributed by atoms with Gasteiger partial charge in [0, 0.05) is 0 Å². The quantitative estimate of drug-likeness (QED) is 0.606. The Balaban J connectivity index is 0.00000132. The third-order valence-electron chi connectivity index (χ3n) is 3.70. The Bertz CT molecular complexity index is 650. The molecule has 2 aromatic rings. The molecule has 1 aliphatic carbocycles. The van der Waals surface area contributed by atoms with Crippen molar-refractivity contribution >= 4 is 9.94 Å². The Morgan fingerprint density at radius 2 is 1.48 bits per heavy atom. The molecular formula is C19H22Cl2NTi. The van der Waals surface area contributed by atoms with E-state index in [-0.39, 0.29) is 30.4 Å². The minimum atomic E-state index is -1.67. The molecule has 1 unspecified atom stereocenters. The van der Waals surface area contributed by atoms with Gasteiger partial charge in [-0.15, -0.1) is 0 Å². The van der Waals surface area contributed by atoms with Crippen molar-refractivity contribution in [1.29, 1.82) is 0 Å². The van der Waals surface area contributed by atoms with Gasteiger partial charge in [0.25, 0.3) is 0 Å². The number of halogens is 2. The fraction of sp³-hybridized carbons (Fsp3) is 0.263. The Kier molecular flexibility index (Phi) is 7.58. The Labute approximate surface area is 158 Å². The van der Waals surface area contributed by atoms with Crippen LogP contribution in [-0.4, -0.2) is 5.54 Å². The van der Waals surface area contributed by atoms with E-state index in [2.05, 4.69) is 91.3 Å². The van der Waals surface area contributed by atoms with Crippen molar-refractivity contribution in [2.75, 3.05) is 0 Å². The molecule has 1 nitrogen and oxygen atoms in total. The monoisotopic (exact) mass is 382 g/mol. The van der Waals surface area contributed by atoms with Crippen LogP contribution in [0.5, 0.6) is 0 Å². The van der Waals surface area contributed by atoms with Crippen LogP contribution < -0.4 is 32.5 Å². The second kappa shape index (κ2) is 8.51. The summed E-state index contributed by atoms with van der Waals surface area (Å²) in [5.41, 5.74) is 3.03. The van der Waals surface area contributed by atoms with E-state index >= 15 is 0 Å². The zero-order valence-corrected chi connectivity index (χ0v) is 16.8. The zero-order chi connectivity index (χ0) is 14.9. The van der Waals surface area contributed by atoms with Crippen molar-refractivity contribution in [3.63, 3.8) is 0 Å². The maximum atomic E-state index is 3.97. The zero-order valence-electron chi connectivity index (χ0n) is 13.7. The third-order valence-corrected chi connectivity index (χ3v) is 8.55. The minimum Gasteiger partial charge on any atom is -1.00 e. The summed E-state index contributed by atoms with van der Waals surface area (Å²) in [7, 11) is 0. The first kappa shape index (κ1) is 20.5. The Morgan fingerprint density at radius 1 is 0.870 bits per heavy atom. The van der Waals surface area contributed by atoms with Gasteiger partial charge in [-0.1, -0.05) is 0 Å². The number of nitrogens with one attached hydrogen (secondary N) is 1. The fourth-order valence-corrected chi connectivity index (χ4v) is 7.35. The van der Waals surface area contributed by atoms with Crippen LogP contribution in [-0.2, 0) is 18.1 Å². The van der Waals surface area contributed by atoms with Crippen LogP contribution in [0.15, 0.2) is 60.7 Å². The van der Waals surface area contributed by atoms with E-state index in [4.69, 9.17) is 0 Å². The molecule has 0 fully saturated rings. The molecule has 121 valence electrons. The number of hydrogen-bond acceptors (Lipinski definition) is 1. The molecule has 23 heavy (non-hydrogen) atoms. The summed E-state index contributed by atoms with van der Waals surface area (Å²) in [5, 5.41) is 0. The molecule has 0 aliphatic heterocycles. The molecule has 0 saturated heterocycles. The van der Waals surface area contributed by atoms with Gasteiger partial charge >= 0.3 is 134 Å². The van der Waals surface area contributed by atoms with Gasteiger partial charge in [-0.2, -0.15) is 0 Å². The van der Waals surface area contributed by atoms with Crippen molar-refractivity contribution in [2.24, 2.45) is 0 Å². The largest absolute Gasteiger partial charge is 1.00 e. The molecule has 4 heteroatoms. The third kappa shape index (κ3) is 4.95. The van der Waals surface area contributed by atoms with Crippen molar-refractivity contribution in [1.82, 2.24) is 3.80 Å². The average molecular weight is 383 g/mol. The van der Waals surface area contributed by atoms with Crippen LogP contribution >= 0.6 is 0 Å². The molecular weight excluding hydrogens is 361 g/mol. The van der Waals surface area contributed by atoms with Crippen molar-refractivity contribution < 1.29 is 42.9 Å². The molecule has 0 heterocycles. The first-order valence-corrected chi connectivity index (χ1v) is 9.98. The molecule has 0 bridgehead atoms. The fourth-order valence-electron chi connectivity index (χ4n) is 2.85. The van der Waals surface area contributed by atoms with Gasteiger partial charge in [0.05, 0.1) is 0 Å². The van der Waals surface area contributed by atoms with E-state index in [1.54, 1.807) is 0 Å². The van der Waals surface area contributed by atoms with E-state index in [9.17, 15) is 0 Å². The van der Waals surface area contributed by atoms with Crippen molar-refractivity contribution in [2.45, 2.75) is 30.5 Å². The van der Waals surface area contributed by atoms with Crippen LogP contribution in [0.3, 0.4) is 0 Å². The van der Waals surface area contributed by atoms with Gasteiger partial charge in [0.1, 0.15) is 0 Å². The van der Waals surface area contributed by atoms with Crippen LogP contribution in [0.4, 0.5) is 0 Å². The van der Waals surface area contributed by atoms with Gasteiger partial charge in [0.2, 0.25) is 0 Å². The second-order valence-electron chi connectivity index (χ2n) is 6.62. The molecule has 3 rings (SSSR count). The Hall–Kier alpha value is -0.566. The average Bonchev–Trinajstić information content (AvgIpc) is 2.89. The smallest absolute Gasteiger partial charge is 1.00 e. The summed E-state index contributed by atoms with van der Waals surface area (Å²) in [5.74, 6) is 0. The summed E-state index contributed by atoms with van der Waals surface area (Å²) in [4.78, 5) is 0. The molecule has 1 atom stereocenters. The van der Waals surface area contributed by atoms with Gasteiger partial charge in [-0.3, -0.25) is 0 Å². The SMILES string of the molecule is CC(C)(C)[NH][Ti+2]([c]1ccccc1)[CH]1C=Cc2ccccc21.[Cl-].[Cl-]. The molecule has 0 spiro atoms. The van der Waals surface area contributed by atoms with Crippen LogP contribution in [0.2, 0.25) is 0 Å². The molecule has 1 N–H and O–H groups in total. The normalized spacial score (nSPS) is 15.3. The van der Waals surface area contributed by atoms with Crippen molar-refractivity contribution in [3.05, 3.63) is 71.8 Å². The minimum absolute atomic E-state index is 0. The first-order valence-electron chi connectivity index (χ1n) is 7.52. The summed E-state index contributed by atoms with van der Waals surface area (Å²) in [6.07, 6.45) is 4.70. The van der Waals surface area contributed by atoms with Gasteiger partial charge in [0.15, 0.2) is 0 Å². The maximum absolute atomic E-state index is 3.97. The molecule has 0 radical (unpaired) electrons. The van der Waals surface area contributed by atoms with Crippen molar-refractivity contribution in [3.8, 4) is 0 Å². The van der Waals surface area contributed by atoms with E-state index in [1.807, 2.05) is 0 Å². The molecule has 0 aromatic heterocycles. The van der Waals surface area contributed by atoms with Gasteiger partial charge in [-0.05, 0) is 0 Å². The van der Waals surface area contributed by atoms with E-state index < -0.39 is 18.1 Å². The summed E-state index contributed by atoms with van der Waals surface area (Å²) >= 11 is -1.67. The first-order chi connectivity index (χ1) is 10.0. The number of hydrogen-bond donors (Lipinski definition) is 1. The van der Waals surface area contributed by atoms with Crippen LogP contribution in [0, 0.1) is 0 Å². The number of benzene rings is 2. The topological polar surface area (TPSA) is 12.0 Å². The molecule has 2 aromatic carbocycles.